The Morgan fingerprint density at radius 3 is 2.52 bits per heavy atom. The highest BCUT2D eigenvalue weighted by Crippen LogP contribution is 2.34. The Hall–Kier alpha value is -1.93. The third kappa shape index (κ3) is 4.95. The Labute approximate surface area is 190 Å². The van der Waals surface area contributed by atoms with Gasteiger partial charge in [-0.15, -0.1) is 0 Å². The number of nitrogens with one attached hydrogen (secondary N) is 1. The number of nitrogens with zero attached hydrogens (tertiary/aromatic N) is 2. The summed E-state index contributed by atoms with van der Waals surface area (Å²) < 4.78 is 29.0. The Morgan fingerprint density at radius 2 is 1.90 bits per heavy atom. The fourth-order valence-electron chi connectivity index (χ4n) is 4.37. The van der Waals surface area contributed by atoms with Crippen LogP contribution in [-0.4, -0.2) is 44.9 Å². The molecule has 0 saturated carbocycles. The molecule has 0 radical (unpaired) electrons. The van der Waals surface area contributed by atoms with Crippen LogP contribution in [0.3, 0.4) is 0 Å². The maximum atomic E-state index is 13.1. The van der Waals surface area contributed by atoms with Gasteiger partial charge in [0.25, 0.3) is 0 Å². The molecule has 0 aromatic heterocycles. The summed E-state index contributed by atoms with van der Waals surface area (Å²) >= 11 is 6.42. The van der Waals surface area contributed by atoms with Crippen molar-refractivity contribution in [1.29, 1.82) is 0 Å². The normalized spacial score (nSPS) is 17.1. The van der Waals surface area contributed by atoms with Crippen LogP contribution in [0, 0.1) is 0 Å². The minimum Gasteiger partial charge on any atom is -0.309 e. The van der Waals surface area contributed by atoms with Crippen molar-refractivity contribution in [2.24, 2.45) is 0 Å². The molecule has 31 heavy (non-hydrogen) atoms. The van der Waals surface area contributed by atoms with Gasteiger partial charge < -0.3 is 4.90 Å². The second-order valence-electron chi connectivity index (χ2n) is 7.84. The highest BCUT2D eigenvalue weighted by Gasteiger charge is 2.30. The first-order valence-corrected chi connectivity index (χ1v) is 12.5. The Morgan fingerprint density at radius 1 is 1.23 bits per heavy atom. The van der Waals surface area contributed by atoms with E-state index in [1.165, 1.54) is 6.92 Å². The molecule has 8 heteroatoms. The second-order valence-corrected chi connectivity index (χ2v) is 10.0. The molecule has 0 saturated heterocycles. The van der Waals surface area contributed by atoms with Gasteiger partial charge in [0.1, 0.15) is 0 Å². The molecule has 3 rings (SSSR count). The van der Waals surface area contributed by atoms with Gasteiger partial charge in [0, 0.05) is 36.3 Å². The van der Waals surface area contributed by atoms with Crippen LogP contribution in [0.4, 0.5) is 5.69 Å². The smallest absolute Gasteiger partial charge is 0.240 e. The van der Waals surface area contributed by atoms with E-state index in [-0.39, 0.29) is 29.4 Å². The van der Waals surface area contributed by atoms with E-state index in [2.05, 4.69) is 9.62 Å². The van der Waals surface area contributed by atoms with E-state index in [0.29, 0.717) is 11.4 Å². The summed E-state index contributed by atoms with van der Waals surface area (Å²) in [5.41, 5.74) is 2.56. The van der Waals surface area contributed by atoms with Gasteiger partial charge in [0.05, 0.1) is 4.90 Å². The first kappa shape index (κ1) is 23.7. The molecule has 0 aliphatic carbocycles. The number of amides is 1. The van der Waals surface area contributed by atoms with Crippen LogP contribution in [0.1, 0.15) is 44.9 Å². The number of carbonyl (C=O) groups excluding carboxylic acids is 1. The number of fused-ring (bicyclic) bond motifs is 1. The zero-order valence-corrected chi connectivity index (χ0v) is 20.0. The summed E-state index contributed by atoms with van der Waals surface area (Å²) in [6.07, 6.45) is 0.639. The average Bonchev–Trinajstić information content (AvgIpc) is 3.07. The van der Waals surface area contributed by atoms with Gasteiger partial charge in [-0.05, 0) is 61.8 Å². The van der Waals surface area contributed by atoms with E-state index in [9.17, 15) is 13.2 Å². The standard InChI is InChI=1S/C23H30ClN3O3S/c1-5-26(6-2)23(20-9-7-8-10-21(20)24)15-25-31(29,30)19-11-12-22-18(14-19)13-16(3)27(22)17(4)28/h7-12,14,16,23,25H,5-6,13,15H2,1-4H3/t16-,23+/m1/s1. The van der Waals surface area contributed by atoms with Crippen LogP contribution >= 0.6 is 11.6 Å². The number of sulfonamides is 1. The monoisotopic (exact) mass is 463 g/mol. The van der Waals surface area contributed by atoms with Crippen molar-refractivity contribution in [3.05, 3.63) is 58.6 Å². The van der Waals surface area contributed by atoms with Crippen molar-refractivity contribution >= 4 is 33.2 Å². The predicted octanol–water partition coefficient (Wildman–Crippen LogP) is 4.00. The van der Waals surface area contributed by atoms with Gasteiger partial charge in [-0.25, -0.2) is 13.1 Å². The number of benzene rings is 2. The third-order valence-corrected chi connectivity index (χ3v) is 7.67. The highest BCUT2D eigenvalue weighted by atomic mass is 35.5. The molecule has 0 spiro atoms. The number of carbonyl (C=O) groups is 1. The molecule has 1 heterocycles. The van der Waals surface area contributed by atoms with E-state index >= 15 is 0 Å². The van der Waals surface area contributed by atoms with Crippen LogP contribution in [0.15, 0.2) is 47.4 Å². The molecular formula is C23H30ClN3O3S. The first-order valence-electron chi connectivity index (χ1n) is 10.6. The summed E-state index contributed by atoms with van der Waals surface area (Å²) in [4.78, 5) is 16.0. The molecule has 2 atom stereocenters. The lowest BCUT2D eigenvalue weighted by molar-refractivity contribution is -0.116. The summed E-state index contributed by atoms with van der Waals surface area (Å²) in [5.74, 6) is -0.0400. The van der Waals surface area contributed by atoms with Crippen molar-refractivity contribution in [2.45, 2.75) is 51.1 Å². The number of rotatable bonds is 8. The van der Waals surface area contributed by atoms with Crippen LogP contribution in [0.5, 0.6) is 0 Å². The topological polar surface area (TPSA) is 69.7 Å². The van der Waals surface area contributed by atoms with Gasteiger partial charge in [0.2, 0.25) is 15.9 Å². The zero-order chi connectivity index (χ0) is 22.8. The van der Waals surface area contributed by atoms with Crippen molar-refractivity contribution in [2.75, 3.05) is 24.5 Å². The number of hydrogen-bond acceptors (Lipinski definition) is 4. The lowest BCUT2D eigenvalue weighted by Crippen LogP contribution is -2.38. The van der Waals surface area contributed by atoms with Gasteiger partial charge in [-0.2, -0.15) is 0 Å². The van der Waals surface area contributed by atoms with Gasteiger partial charge in [-0.1, -0.05) is 43.6 Å². The largest absolute Gasteiger partial charge is 0.309 e. The van der Waals surface area contributed by atoms with Crippen molar-refractivity contribution in [3.8, 4) is 0 Å². The lowest BCUT2D eigenvalue weighted by atomic mass is 10.1. The highest BCUT2D eigenvalue weighted by molar-refractivity contribution is 7.89. The van der Waals surface area contributed by atoms with Crippen molar-refractivity contribution in [3.63, 3.8) is 0 Å². The molecule has 0 unspecified atom stereocenters. The number of likely N-dealkylation sites (N-methyl/N-ethyl adjacent to an activating group) is 1. The molecule has 1 aliphatic heterocycles. The molecular weight excluding hydrogens is 434 g/mol. The van der Waals surface area contributed by atoms with E-state index in [4.69, 9.17) is 11.6 Å². The van der Waals surface area contributed by atoms with Crippen LogP contribution < -0.4 is 9.62 Å². The van der Waals surface area contributed by atoms with E-state index in [0.717, 1.165) is 29.9 Å². The quantitative estimate of drug-likeness (QED) is 0.642. The lowest BCUT2D eigenvalue weighted by Gasteiger charge is -2.30. The molecule has 1 aliphatic rings. The Bertz CT molecular complexity index is 1050. The fourth-order valence-corrected chi connectivity index (χ4v) is 5.72. The maximum Gasteiger partial charge on any atom is 0.240 e. The summed E-state index contributed by atoms with van der Waals surface area (Å²) in [6, 6.07) is 12.4. The van der Waals surface area contributed by atoms with Crippen LogP contribution in [-0.2, 0) is 21.2 Å². The summed E-state index contributed by atoms with van der Waals surface area (Å²) in [5, 5.41) is 0.620. The van der Waals surface area contributed by atoms with Gasteiger partial charge >= 0.3 is 0 Å². The molecule has 2 aromatic carbocycles. The molecule has 0 fully saturated rings. The molecule has 6 nitrogen and oxygen atoms in total. The van der Waals surface area contributed by atoms with Gasteiger partial charge in [-0.3, -0.25) is 9.69 Å². The van der Waals surface area contributed by atoms with E-state index in [1.807, 2.05) is 45.0 Å². The predicted molar refractivity (Wildman–Crippen MR) is 125 cm³/mol. The maximum absolute atomic E-state index is 13.1. The first-order chi connectivity index (χ1) is 14.7. The van der Waals surface area contributed by atoms with Crippen LogP contribution in [0.2, 0.25) is 5.02 Å². The number of anilines is 1. The number of halogens is 1. The molecule has 0 bridgehead atoms. The van der Waals surface area contributed by atoms with Gasteiger partial charge in [0.15, 0.2) is 0 Å². The minimum absolute atomic E-state index is 0.0192. The SMILES string of the molecule is CCN(CC)[C@@H](CNS(=O)(=O)c1ccc2c(c1)C[C@@H](C)N2C(C)=O)c1ccccc1Cl. The molecule has 1 amide bonds. The van der Waals surface area contributed by atoms with E-state index < -0.39 is 10.0 Å². The Kier molecular flexibility index (Phi) is 7.42. The fraction of sp³-hybridized carbons (Fsp3) is 0.435. The average molecular weight is 464 g/mol. The molecule has 168 valence electrons. The molecule has 2 aromatic rings. The third-order valence-electron chi connectivity index (χ3n) is 5.90. The molecule has 1 N–H and O–H groups in total. The summed E-state index contributed by atoms with van der Waals surface area (Å²) in [6.45, 7) is 9.33. The van der Waals surface area contributed by atoms with Crippen molar-refractivity contribution < 1.29 is 13.2 Å². The zero-order valence-electron chi connectivity index (χ0n) is 18.4. The second kappa shape index (κ2) is 9.69. The summed E-state index contributed by atoms with van der Waals surface area (Å²) in [7, 11) is -3.73. The number of hydrogen-bond donors (Lipinski definition) is 1. The van der Waals surface area contributed by atoms with E-state index in [1.54, 1.807) is 23.1 Å². The minimum atomic E-state index is -3.73. The van der Waals surface area contributed by atoms with Crippen LogP contribution in [0.25, 0.3) is 0 Å². The van der Waals surface area contributed by atoms with Crippen molar-refractivity contribution in [1.82, 2.24) is 9.62 Å². The Balaban J connectivity index is 1.85.